The molecule has 6 fully saturated rings. The molecule has 0 aromatic heterocycles. The molecule has 13 unspecified atom stereocenters. The molecule has 6 saturated carbocycles. The fraction of sp³-hybridized carbons (Fsp3) is 0.840. The standard InChI is InChI=1S/C50H74S/c1-3-15-33(16-4-1)35-19-13-20-37(31-35)48-41-23-9-10-24-42(41)49(40-22-8-7-21-38(40)34-17-5-2-6-18-34)43-30-29-36(32-45(43)48)39-26-14-28-47-50(39)44-25-11-12-27-46(44)51-47/h12,17,21,27,33,35-37,39-43,45,47-50H,1-11,13-16,18-20,22-26,28-32H2. The van der Waals surface area contributed by atoms with Gasteiger partial charge in [-0.2, -0.15) is 0 Å². The van der Waals surface area contributed by atoms with Crippen molar-refractivity contribution < 1.29 is 0 Å². The monoisotopic (exact) mass is 707 g/mol. The highest BCUT2D eigenvalue weighted by atomic mass is 32.2. The number of rotatable bonds is 5. The average molecular weight is 707 g/mol. The van der Waals surface area contributed by atoms with E-state index in [0.717, 1.165) is 82.2 Å². The molecule has 280 valence electrons. The van der Waals surface area contributed by atoms with Gasteiger partial charge in [-0.25, -0.2) is 0 Å². The number of fused-ring (bicyclic) bond motifs is 4. The lowest BCUT2D eigenvalue weighted by molar-refractivity contribution is -0.122. The summed E-state index contributed by atoms with van der Waals surface area (Å²) in [5, 5.41) is 0.917. The van der Waals surface area contributed by atoms with Crippen molar-refractivity contribution in [3.8, 4) is 0 Å². The fourth-order valence-electron chi connectivity index (χ4n) is 16.7. The van der Waals surface area contributed by atoms with Gasteiger partial charge in [-0.3, -0.25) is 0 Å². The van der Waals surface area contributed by atoms with Crippen LogP contribution < -0.4 is 0 Å². The van der Waals surface area contributed by atoms with Crippen molar-refractivity contribution >= 4 is 11.8 Å². The first-order valence-electron chi connectivity index (χ1n) is 23.8. The van der Waals surface area contributed by atoms with Crippen molar-refractivity contribution in [2.45, 2.75) is 185 Å². The molecule has 13 atom stereocenters. The molecular weight excluding hydrogens is 633 g/mol. The molecule has 0 N–H and O–H groups in total. The SMILES string of the molecule is C1=CC2=C(CC1)C1C(CCCC1C1CCC3C(C1)C(C1CCCC(C4CCCCC4)C1)C1CCCCC1C3C1CCCC=C1C1=CCCCC1)S2. The molecule has 0 saturated heterocycles. The van der Waals surface area contributed by atoms with Gasteiger partial charge in [0.1, 0.15) is 0 Å². The van der Waals surface area contributed by atoms with Crippen molar-refractivity contribution in [3.05, 3.63) is 45.9 Å². The van der Waals surface area contributed by atoms with Crippen LogP contribution in [0.5, 0.6) is 0 Å². The smallest absolute Gasteiger partial charge is 0.0163 e. The molecule has 0 radical (unpaired) electrons. The van der Waals surface area contributed by atoms with Crippen LogP contribution >= 0.6 is 11.8 Å². The molecule has 0 spiro atoms. The van der Waals surface area contributed by atoms with E-state index < -0.39 is 0 Å². The lowest BCUT2D eigenvalue weighted by atomic mass is 9.43. The van der Waals surface area contributed by atoms with Crippen molar-refractivity contribution in [2.24, 2.45) is 76.9 Å². The zero-order valence-corrected chi connectivity index (χ0v) is 33.4. The summed E-state index contributed by atoms with van der Waals surface area (Å²) in [6, 6.07) is 0. The first-order chi connectivity index (χ1) is 25.3. The van der Waals surface area contributed by atoms with E-state index in [4.69, 9.17) is 0 Å². The topological polar surface area (TPSA) is 0 Å². The summed E-state index contributed by atoms with van der Waals surface area (Å²) >= 11 is 2.34. The van der Waals surface area contributed by atoms with Gasteiger partial charge in [-0.1, -0.05) is 101 Å². The zero-order valence-electron chi connectivity index (χ0n) is 32.6. The quantitative estimate of drug-likeness (QED) is 0.274. The maximum atomic E-state index is 2.83. The number of allylic oxidation sites excluding steroid dienone is 7. The summed E-state index contributed by atoms with van der Waals surface area (Å²) < 4.78 is 0. The molecule has 1 heteroatoms. The lowest BCUT2D eigenvalue weighted by Gasteiger charge is -2.62. The predicted octanol–water partition coefficient (Wildman–Crippen LogP) is 14.8. The second kappa shape index (κ2) is 15.4. The van der Waals surface area contributed by atoms with Crippen LogP contribution in [0, 0.1) is 76.9 Å². The molecule has 1 heterocycles. The Labute approximate surface area is 318 Å². The minimum Gasteiger partial charge on any atom is -0.122 e. The molecule has 1 aliphatic heterocycles. The molecule has 0 aromatic rings. The highest BCUT2D eigenvalue weighted by molar-refractivity contribution is 8.04. The third-order valence-electron chi connectivity index (χ3n) is 18.4. The van der Waals surface area contributed by atoms with E-state index in [9.17, 15) is 0 Å². The summed E-state index contributed by atoms with van der Waals surface area (Å²) in [7, 11) is 0. The van der Waals surface area contributed by atoms with Crippen LogP contribution in [0.3, 0.4) is 0 Å². The number of thioether (sulfide) groups is 1. The Morgan fingerprint density at radius 1 is 0.471 bits per heavy atom. The van der Waals surface area contributed by atoms with Crippen molar-refractivity contribution in [1.82, 2.24) is 0 Å². The third-order valence-corrected chi connectivity index (χ3v) is 19.9. The lowest BCUT2D eigenvalue weighted by Crippen LogP contribution is -2.55. The molecule has 0 bridgehead atoms. The van der Waals surface area contributed by atoms with Crippen LogP contribution in [0.2, 0.25) is 0 Å². The van der Waals surface area contributed by atoms with Crippen molar-refractivity contribution in [2.75, 3.05) is 0 Å². The van der Waals surface area contributed by atoms with Gasteiger partial charge in [0.15, 0.2) is 0 Å². The highest BCUT2D eigenvalue weighted by Gasteiger charge is 2.58. The van der Waals surface area contributed by atoms with Gasteiger partial charge in [-0.15, -0.1) is 11.8 Å². The summed E-state index contributed by atoms with van der Waals surface area (Å²) in [6.07, 6.45) is 53.2. The van der Waals surface area contributed by atoms with Crippen LogP contribution in [0.25, 0.3) is 0 Å². The van der Waals surface area contributed by atoms with Gasteiger partial charge >= 0.3 is 0 Å². The van der Waals surface area contributed by atoms with Gasteiger partial charge in [0.05, 0.1) is 0 Å². The molecule has 9 aliphatic carbocycles. The van der Waals surface area contributed by atoms with Crippen LogP contribution in [0.4, 0.5) is 0 Å². The molecule has 0 nitrogen and oxygen atoms in total. The molecule has 0 amide bonds. The van der Waals surface area contributed by atoms with E-state index in [0.29, 0.717) is 0 Å². The van der Waals surface area contributed by atoms with Crippen molar-refractivity contribution in [1.29, 1.82) is 0 Å². The average Bonchev–Trinajstić information content (AvgIpc) is 3.59. The third kappa shape index (κ3) is 6.60. The minimum atomic E-state index is 0.895. The normalized spacial score (nSPS) is 46.3. The van der Waals surface area contributed by atoms with E-state index in [-0.39, 0.29) is 0 Å². The second-order valence-electron chi connectivity index (χ2n) is 20.5. The maximum Gasteiger partial charge on any atom is 0.0163 e. The fourth-order valence-corrected chi connectivity index (χ4v) is 18.4. The minimum absolute atomic E-state index is 0.895. The first-order valence-corrected chi connectivity index (χ1v) is 24.7. The maximum absolute atomic E-state index is 2.83. The Balaban J connectivity index is 1.000. The van der Waals surface area contributed by atoms with E-state index >= 15 is 0 Å². The zero-order chi connectivity index (χ0) is 33.7. The Kier molecular flexibility index (Phi) is 10.5. The molecule has 10 rings (SSSR count). The van der Waals surface area contributed by atoms with E-state index in [1.54, 1.807) is 94.8 Å². The summed E-state index contributed by atoms with van der Waals surface area (Å²) in [4.78, 5) is 1.74. The van der Waals surface area contributed by atoms with Gasteiger partial charge in [-0.05, 0) is 197 Å². The summed E-state index contributed by atoms with van der Waals surface area (Å²) in [5.74, 6) is 13.3. The molecule has 10 aliphatic rings. The van der Waals surface area contributed by atoms with Crippen LogP contribution in [-0.2, 0) is 0 Å². The number of hydrogen-bond acceptors (Lipinski definition) is 1. The molecular formula is C50H74S. The van der Waals surface area contributed by atoms with Crippen LogP contribution in [0.1, 0.15) is 180 Å². The predicted molar refractivity (Wildman–Crippen MR) is 218 cm³/mol. The largest absolute Gasteiger partial charge is 0.122 e. The van der Waals surface area contributed by atoms with Gasteiger partial charge < -0.3 is 0 Å². The van der Waals surface area contributed by atoms with E-state index in [1.165, 1.54) is 89.9 Å². The highest BCUT2D eigenvalue weighted by Crippen LogP contribution is 2.66. The van der Waals surface area contributed by atoms with Crippen LogP contribution in [0.15, 0.2) is 45.9 Å². The second-order valence-corrected chi connectivity index (χ2v) is 21.8. The van der Waals surface area contributed by atoms with Crippen molar-refractivity contribution in [3.63, 3.8) is 0 Å². The molecule has 0 aromatic carbocycles. The Bertz CT molecular complexity index is 1350. The van der Waals surface area contributed by atoms with E-state index in [2.05, 4.69) is 36.1 Å². The Morgan fingerprint density at radius 3 is 2.12 bits per heavy atom. The Morgan fingerprint density at radius 2 is 1.24 bits per heavy atom. The van der Waals surface area contributed by atoms with Gasteiger partial charge in [0.25, 0.3) is 0 Å². The van der Waals surface area contributed by atoms with Gasteiger partial charge in [0, 0.05) is 10.2 Å². The number of hydrogen-bond donors (Lipinski definition) is 0. The van der Waals surface area contributed by atoms with Crippen LogP contribution in [-0.4, -0.2) is 5.25 Å². The Hall–Kier alpha value is -0.690. The van der Waals surface area contributed by atoms with E-state index in [1.807, 2.05) is 16.7 Å². The van der Waals surface area contributed by atoms with Gasteiger partial charge in [0.2, 0.25) is 0 Å². The summed E-state index contributed by atoms with van der Waals surface area (Å²) in [6.45, 7) is 0. The molecule has 51 heavy (non-hydrogen) atoms. The summed E-state index contributed by atoms with van der Waals surface area (Å²) in [5.41, 5.74) is 5.71. The first kappa shape index (κ1) is 34.8.